The van der Waals surface area contributed by atoms with Crippen LogP contribution in [0.4, 0.5) is 30.7 Å². The normalized spacial score (nSPS) is 24.5. The average Bonchev–Trinajstić information content (AvgIpc) is 3.15. The van der Waals surface area contributed by atoms with Crippen molar-refractivity contribution < 1.29 is 45.4 Å². The highest BCUT2D eigenvalue weighted by atomic mass is 19.4. The zero-order valence-electron chi connectivity index (χ0n) is 13.7. The largest absolute Gasteiger partial charge is 0.490 e. The first-order valence-corrected chi connectivity index (χ1v) is 7.88. The van der Waals surface area contributed by atoms with E-state index in [1.54, 1.807) is 0 Å². The van der Waals surface area contributed by atoms with Crippen molar-refractivity contribution in [3.05, 3.63) is 35.1 Å². The van der Waals surface area contributed by atoms with Gasteiger partial charge in [-0.15, -0.1) is 0 Å². The molecule has 2 aliphatic rings. The van der Waals surface area contributed by atoms with Gasteiger partial charge in [-0.05, 0) is 37.4 Å². The Morgan fingerprint density at radius 1 is 1.19 bits per heavy atom. The number of carboxylic acid groups (broad SMARTS) is 1. The van der Waals surface area contributed by atoms with E-state index in [0.29, 0.717) is 18.0 Å². The number of benzene rings is 1. The summed E-state index contributed by atoms with van der Waals surface area (Å²) in [6.07, 6.45) is -7.55. The van der Waals surface area contributed by atoms with Crippen molar-refractivity contribution in [2.45, 2.75) is 43.9 Å². The summed E-state index contributed by atoms with van der Waals surface area (Å²) < 4.78 is 88.3. The van der Waals surface area contributed by atoms with Gasteiger partial charge in [-0.25, -0.2) is 9.18 Å². The predicted molar refractivity (Wildman–Crippen MR) is 78.2 cm³/mol. The smallest absolute Gasteiger partial charge is 0.475 e. The minimum Gasteiger partial charge on any atom is -0.475 e. The summed E-state index contributed by atoms with van der Waals surface area (Å²) in [5, 5.41) is 10.4. The molecule has 1 aliphatic carbocycles. The second-order valence-corrected chi connectivity index (χ2v) is 6.31. The van der Waals surface area contributed by atoms with Crippen molar-refractivity contribution in [3.63, 3.8) is 0 Å². The van der Waals surface area contributed by atoms with Crippen LogP contribution in [0.3, 0.4) is 0 Å². The van der Waals surface area contributed by atoms with Crippen LogP contribution in [0.1, 0.15) is 24.0 Å². The van der Waals surface area contributed by atoms with Gasteiger partial charge in [-0.2, -0.15) is 26.3 Å². The quantitative estimate of drug-likeness (QED) is 0.755. The molecule has 1 saturated heterocycles. The Morgan fingerprint density at radius 3 is 2.22 bits per heavy atom. The van der Waals surface area contributed by atoms with Crippen LogP contribution in [0.2, 0.25) is 0 Å². The fourth-order valence-corrected chi connectivity index (χ4v) is 3.02. The van der Waals surface area contributed by atoms with Gasteiger partial charge in [0, 0.05) is 11.6 Å². The number of nitrogens with one attached hydrogen (secondary N) is 1. The third-order valence-corrected chi connectivity index (χ3v) is 4.35. The molecule has 4 nitrogen and oxygen atoms in total. The van der Waals surface area contributed by atoms with Gasteiger partial charge in [0.25, 0.3) is 0 Å². The van der Waals surface area contributed by atoms with E-state index in [1.807, 2.05) is 0 Å². The molecule has 11 heteroatoms. The van der Waals surface area contributed by atoms with Crippen molar-refractivity contribution in [3.8, 4) is 0 Å². The fraction of sp³-hybridized carbons (Fsp3) is 0.562. The molecule has 1 aromatic carbocycles. The van der Waals surface area contributed by atoms with Crippen LogP contribution >= 0.6 is 0 Å². The summed E-state index contributed by atoms with van der Waals surface area (Å²) in [4.78, 5) is 8.90. The van der Waals surface area contributed by atoms with Gasteiger partial charge in [0.2, 0.25) is 0 Å². The highest BCUT2D eigenvalue weighted by Crippen LogP contribution is 2.34. The van der Waals surface area contributed by atoms with Crippen LogP contribution in [-0.2, 0) is 22.3 Å². The molecule has 2 bridgehead atoms. The van der Waals surface area contributed by atoms with E-state index in [-0.39, 0.29) is 18.3 Å². The highest BCUT2D eigenvalue weighted by Gasteiger charge is 2.40. The van der Waals surface area contributed by atoms with Gasteiger partial charge in [-0.3, -0.25) is 0 Å². The number of alkyl halides is 6. The standard InChI is InChI=1S/C14H15F4NO.C2HF3O2/c15-11-5-10(14(16,17)18)2-1-9(11)7-20-13-4-8-3-12(13)19-6-8;3-2(4,5)1(6)7/h1-2,5,8,12-13,19H,3-4,6-7H2;(H,6,7)/t8-,12+,13+;/m1./s1. The van der Waals surface area contributed by atoms with E-state index in [9.17, 15) is 30.7 Å². The number of ether oxygens (including phenoxy) is 1. The van der Waals surface area contributed by atoms with E-state index in [4.69, 9.17) is 14.6 Å². The zero-order valence-corrected chi connectivity index (χ0v) is 13.7. The lowest BCUT2D eigenvalue weighted by atomic mass is 10.1. The Bertz CT molecular complexity index is 675. The molecule has 0 amide bonds. The number of hydrogen-bond donors (Lipinski definition) is 2. The average molecular weight is 403 g/mol. The summed E-state index contributed by atoms with van der Waals surface area (Å²) in [5.74, 6) is -3.01. The number of carboxylic acids is 1. The van der Waals surface area contributed by atoms with Gasteiger partial charge in [0.05, 0.1) is 18.3 Å². The molecule has 0 aromatic heterocycles. The van der Waals surface area contributed by atoms with Gasteiger partial charge in [0.15, 0.2) is 0 Å². The van der Waals surface area contributed by atoms with Crippen molar-refractivity contribution in [2.24, 2.45) is 5.92 Å². The number of halogens is 7. The topological polar surface area (TPSA) is 58.6 Å². The van der Waals surface area contributed by atoms with Crippen LogP contribution < -0.4 is 5.32 Å². The summed E-state index contributed by atoms with van der Waals surface area (Å²) in [6.45, 7) is 1.01. The van der Waals surface area contributed by atoms with Crippen LogP contribution in [-0.4, -0.2) is 35.9 Å². The number of rotatable bonds is 3. The first-order chi connectivity index (χ1) is 12.4. The molecule has 2 N–H and O–H groups in total. The molecule has 2 fully saturated rings. The number of aliphatic carboxylic acids is 1. The Labute approximate surface area is 149 Å². The van der Waals surface area contributed by atoms with Crippen LogP contribution in [0.5, 0.6) is 0 Å². The van der Waals surface area contributed by atoms with Crippen molar-refractivity contribution in [1.29, 1.82) is 0 Å². The molecular weight excluding hydrogens is 387 g/mol. The number of hydrogen-bond acceptors (Lipinski definition) is 3. The molecule has 1 heterocycles. The molecule has 1 aromatic rings. The SMILES string of the molecule is Fc1cc(C(F)(F)F)ccc1CO[C@H]1C[C@@H]2CN[C@H]1C2.O=C(O)C(F)(F)F. The molecular formula is C16H16F7NO3. The molecule has 3 atom stereocenters. The third kappa shape index (κ3) is 5.80. The number of fused-ring (bicyclic) bond motifs is 2. The molecule has 152 valence electrons. The van der Waals surface area contributed by atoms with Gasteiger partial charge in [0.1, 0.15) is 5.82 Å². The lowest BCUT2D eigenvalue weighted by Gasteiger charge is -2.23. The number of carbonyl (C=O) groups is 1. The molecule has 0 radical (unpaired) electrons. The van der Waals surface area contributed by atoms with Crippen LogP contribution in [0, 0.1) is 11.7 Å². The Balaban J connectivity index is 0.000000321. The Hall–Kier alpha value is -1.88. The lowest BCUT2D eigenvalue weighted by Crippen LogP contribution is -2.38. The van der Waals surface area contributed by atoms with Crippen molar-refractivity contribution >= 4 is 5.97 Å². The van der Waals surface area contributed by atoms with E-state index >= 15 is 0 Å². The Morgan fingerprint density at radius 2 is 1.81 bits per heavy atom. The maximum Gasteiger partial charge on any atom is 0.490 e. The third-order valence-electron chi connectivity index (χ3n) is 4.35. The first kappa shape index (κ1) is 21.4. The maximum absolute atomic E-state index is 13.6. The van der Waals surface area contributed by atoms with Crippen LogP contribution in [0.25, 0.3) is 0 Å². The fourth-order valence-electron chi connectivity index (χ4n) is 3.02. The lowest BCUT2D eigenvalue weighted by molar-refractivity contribution is -0.192. The van der Waals surface area contributed by atoms with Gasteiger partial charge < -0.3 is 15.2 Å². The Kier molecular flexibility index (Phi) is 6.35. The van der Waals surface area contributed by atoms with Crippen molar-refractivity contribution in [2.75, 3.05) is 6.54 Å². The second-order valence-electron chi connectivity index (χ2n) is 6.31. The van der Waals surface area contributed by atoms with E-state index < -0.39 is 29.7 Å². The first-order valence-electron chi connectivity index (χ1n) is 7.88. The van der Waals surface area contributed by atoms with Gasteiger partial charge in [-0.1, -0.05) is 6.07 Å². The summed E-state index contributed by atoms with van der Waals surface area (Å²) >= 11 is 0. The van der Waals surface area contributed by atoms with Crippen LogP contribution in [0.15, 0.2) is 18.2 Å². The van der Waals surface area contributed by atoms with E-state index in [2.05, 4.69) is 5.32 Å². The molecule has 0 spiro atoms. The summed E-state index contributed by atoms with van der Waals surface area (Å²) in [5.41, 5.74) is -0.805. The molecule has 1 saturated carbocycles. The van der Waals surface area contributed by atoms with E-state index in [0.717, 1.165) is 31.5 Å². The maximum atomic E-state index is 13.6. The second kappa shape index (κ2) is 8.01. The minimum absolute atomic E-state index is 0.0134. The summed E-state index contributed by atoms with van der Waals surface area (Å²) in [7, 11) is 0. The molecule has 27 heavy (non-hydrogen) atoms. The van der Waals surface area contributed by atoms with Gasteiger partial charge >= 0.3 is 18.3 Å². The molecule has 1 aliphatic heterocycles. The molecule has 3 rings (SSSR count). The summed E-state index contributed by atoms with van der Waals surface area (Å²) in [6, 6.07) is 2.87. The zero-order chi connectivity index (χ0) is 20.4. The van der Waals surface area contributed by atoms with Crippen molar-refractivity contribution in [1.82, 2.24) is 5.32 Å². The monoisotopic (exact) mass is 403 g/mol. The number of piperidine rings is 1. The predicted octanol–water partition coefficient (Wildman–Crippen LogP) is 3.74. The van der Waals surface area contributed by atoms with E-state index in [1.165, 1.54) is 0 Å². The highest BCUT2D eigenvalue weighted by molar-refractivity contribution is 5.73. The minimum atomic E-state index is -5.08. The molecule has 0 unspecified atom stereocenters.